The van der Waals surface area contributed by atoms with Gasteiger partial charge >= 0.3 is 0 Å². The number of hydrogen-bond donors (Lipinski definition) is 2. The van der Waals surface area contributed by atoms with Gasteiger partial charge in [-0.15, -0.1) is 0 Å². The molecule has 1 aliphatic rings. The largest absolute Gasteiger partial charge is 0.328 e. The van der Waals surface area contributed by atoms with E-state index in [1.54, 1.807) is 0 Å². The second-order valence-electron chi connectivity index (χ2n) is 4.68. The Labute approximate surface area is 102 Å². The van der Waals surface area contributed by atoms with Gasteiger partial charge in [0.15, 0.2) is 0 Å². The normalized spacial score (nSPS) is 26.9. The molecule has 88 valence electrons. The fraction of sp³-hybridized carbons (Fsp3) is 0.538. The van der Waals surface area contributed by atoms with Crippen LogP contribution in [-0.4, -0.2) is 12.1 Å². The lowest BCUT2D eigenvalue weighted by atomic mass is 10.1. The molecule has 0 aromatic heterocycles. The number of benzene rings is 1. The summed E-state index contributed by atoms with van der Waals surface area (Å²) < 4.78 is 0. The van der Waals surface area contributed by atoms with Crippen molar-refractivity contribution in [1.82, 2.24) is 5.32 Å². The van der Waals surface area contributed by atoms with Crippen LogP contribution in [0.25, 0.3) is 0 Å². The standard InChI is InChI=1S/C13H19ClN2/c1-9(12-4-2-3-5-13(12)14)16-11-7-6-10(15)8-11/h2-5,9-11,16H,6-8,15H2,1H3. The minimum absolute atomic E-state index is 0.295. The third-order valence-electron chi connectivity index (χ3n) is 3.33. The summed E-state index contributed by atoms with van der Waals surface area (Å²) in [5.74, 6) is 0. The Morgan fingerprint density at radius 1 is 1.38 bits per heavy atom. The number of rotatable bonds is 3. The first-order valence-electron chi connectivity index (χ1n) is 5.93. The zero-order valence-corrected chi connectivity index (χ0v) is 10.4. The Morgan fingerprint density at radius 3 is 2.75 bits per heavy atom. The molecule has 1 aliphatic carbocycles. The average molecular weight is 239 g/mol. The van der Waals surface area contributed by atoms with E-state index in [0.717, 1.165) is 17.9 Å². The van der Waals surface area contributed by atoms with Crippen LogP contribution in [0.3, 0.4) is 0 Å². The minimum Gasteiger partial charge on any atom is -0.328 e. The fourth-order valence-electron chi connectivity index (χ4n) is 2.44. The molecule has 3 unspecified atom stereocenters. The van der Waals surface area contributed by atoms with Crippen molar-refractivity contribution in [2.24, 2.45) is 5.73 Å². The molecule has 0 bridgehead atoms. The summed E-state index contributed by atoms with van der Waals surface area (Å²) in [7, 11) is 0. The van der Waals surface area contributed by atoms with Crippen LogP contribution in [0.1, 0.15) is 37.8 Å². The van der Waals surface area contributed by atoms with E-state index < -0.39 is 0 Å². The third kappa shape index (κ3) is 2.76. The van der Waals surface area contributed by atoms with Crippen LogP contribution in [0.5, 0.6) is 0 Å². The highest BCUT2D eigenvalue weighted by Gasteiger charge is 2.23. The van der Waals surface area contributed by atoms with Crippen molar-refractivity contribution in [1.29, 1.82) is 0 Å². The number of halogens is 1. The first kappa shape index (κ1) is 11.9. The Hall–Kier alpha value is -0.570. The van der Waals surface area contributed by atoms with Crippen molar-refractivity contribution in [3.63, 3.8) is 0 Å². The highest BCUT2D eigenvalue weighted by Crippen LogP contribution is 2.25. The van der Waals surface area contributed by atoms with Crippen molar-refractivity contribution in [2.45, 2.75) is 44.3 Å². The molecule has 0 radical (unpaired) electrons. The van der Waals surface area contributed by atoms with Gasteiger partial charge in [-0.1, -0.05) is 29.8 Å². The fourth-order valence-corrected chi connectivity index (χ4v) is 2.74. The molecule has 3 N–H and O–H groups in total. The van der Waals surface area contributed by atoms with Crippen molar-refractivity contribution >= 4 is 11.6 Å². The van der Waals surface area contributed by atoms with Crippen LogP contribution in [-0.2, 0) is 0 Å². The SMILES string of the molecule is CC(NC1CCC(N)C1)c1ccccc1Cl. The Morgan fingerprint density at radius 2 is 2.12 bits per heavy atom. The second kappa shape index (κ2) is 5.17. The van der Waals surface area contributed by atoms with Gasteiger partial charge < -0.3 is 11.1 Å². The average Bonchev–Trinajstić information content (AvgIpc) is 2.64. The predicted octanol–water partition coefficient (Wildman–Crippen LogP) is 2.87. The lowest BCUT2D eigenvalue weighted by Gasteiger charge is -2.20. The van der Waals surface area contributed by atoms with Crippen LogP contribution in [0.15, 0.2) is 24.3 Å². The van der Waals surface area contributed by atoms with E-state index in [2.05, 4.69) is 18.3 Å². The topological polar surface area (TPSA) is 38.0 Å². The molecular formula is C13H19ClN2. The van der Waals surface area contributed by atoms with Crippen molar-refractivity contribution in [3.8, 4) is 0 Å². The maximum Gasteiger partial charge on any atom is 0.0453 e. The molecule has 2 nitrogen and oxygen atoms in total. The van der Waals surface area contributed by atoms with Crippen LogP contribution in [0, 0.1) is 0 Å². The molecule has 1 aromatic rings. The number of hydrogen-bond acceptors (Lipinski definition) is 2. The molecule has 0 amide bonds. The summed E-state index contributed by atoms with van der Waals surface area (Å²) in [5.41, 5.74) is 7.07. The van der Waals surface area contributed by atoms with Gasteiger partial charge in [0.25, 0.3) is 0 Å². The maximum absolute atomic E-state index is 6.17. The molecule has 1 aromatic carbocycles. The van der Waals surface area contributed by atoms with Crippen molar-refractivity contribution < 1.29 is 0 Å². The Balaban J connectivity index is 1.98. The summed E-state index contributed by atoms with van der Waals surface area (Å²) in [4.78, 5) is 0. The number of nitrogens with one attached hydrogen (secondary N) is 1. The van der Waals surface area contributed by atoms with Gasteiger partial charge in [0.1, 0.15) is 0 Å². The molecule has 3 heteroatoms. The van der Waals surface area contributed by atoms with Crippen molar-refractivity contribution in [2.75, 3.05) is 0 Å². The molecule has 0 aliphatic heterocycles. The summed E-state index contributed by atoms with van der Waals surface area (Å²) in [6, 6.07) is 9.22. The summed E-state index contributed by atoms with van der Waals surface area (Å²) >= 11 is 6.17. The lowest BCUT2D eigenvalue weighted by Crippen LogP contribution is -2.30. The van der Waals surface area contributed by atoms with Crippen LogP contribution >= 0.6 is 11.6 Å². The van der Waals surface area contributed by atoms with Gasteiger partial charge in [-0.25, -0.2) is 0 Å². The molecule has 0 saturated heterocycles. The molecule has 1 fully saturated rings. The Kier molecular flexibility index (Phi) is 3.85. The van der Waals surface area contributed by atoms with Crippen LogP contribution in [0.4, 0.5) is 0 Å². The van der Waals surface area contributed by atoms with Crippen LogP contribution < -0.4 is 11.1 Å². The van der Waals surface area contributed by atoms with E-state index in [4.69, 9.17) is 17.3 Å². The first-order chi connectivity index (χ1) is 7.66. The minimum atomic E-state index is 0.295. The smallest absolute Gasteiger partial charge is 0.0453 e. The monoisotopic (exact) mass is 238 g/mol. The molecule has 0 heterocycles. The summed E-state index contributed by atoms with van der Waals surface area (Å²) in [5, 5.41) is 4.44. The van der Waals surface area contributed by atoms with Gasteiger partial charge in [-0.3, -0.25) is 0 Å². The quantitative estimate of drug-likeness (QED) is 0.850. The molecular weight excluding hydrogens is 220 g/mol. The van der Waals surface area contributed by atoms with Gasteiger partial charge in [0, 0.05) is 23.1 Å². The zero-order chi connectivity index (χ0) is 11.5. The number of nitrogens with two attached hydrogens (primary N) is 1. The molecule has 16 heavy (non-hydrogen) atoms. The molecule has 3 atom stereocenters. The van der Waals surface area contributed by atoms with Crippen LogP contribution in [0.2, 0.25) is 5.02 Å². The zero-order valence-electron chi connectivity index (χ0n) is 9.62. The summed E-state index contributed by atoms with van der Waals surface area (Å²) in [6.07, 6.45) is 3.39. The Bertz CT molecular complexity index is 354. The predicted molar refractivity (Wildman–Crippen MR) is 68.6 cm³/mol. The van der Waals surface area contributed by atoms with E-state index >= 15 is 0 Å². The van der Waals surface area contributed by atoms with E-state index in [9.17, 15) is 0 Å². The van der Waals surface area contributed by atoms with E-state index in [1.165, 1.54) is 12.0 Å². The molecule has 0 spiro atoms. The first-order valence-corrected chi connectivity index (χ1v) is 6.30. The van der Waals surface area contributed by atoms with E-state index in [-0.39, 0.29) is 0 Å². The summed E-state index contributed by atoms with van der Waals surface area (Å²) in [6.45, 7) is 2.16. The molecule has 1 saturated carbocycles. The third-order valence-corrected chi connectivity index (χ3v) is 3.67. The van der Waals surface area contributed by atoms with Gasteiger partial charge in [0.05, 0.1) is 0 Å². The highest BCUT2D eigenvalue weighted by molar-refractivity contribution is 6.31. The second-order valence-corrected chi connectivity index (χ2v) is 5.09. The van der Waals surface area contributed by atoms with E-state index in [1.807, 2.05) is 18.2 Å². The maximum atomic E-state index is 6.17. The van der Waals surface area contributed by atoms with Crippen molar-refractivity contribution in [3.05, 3.63) is 34.9 Å². The molecule has 2 rings (SSSR count). The van der Waals surface area contributed by atoms with Gasteiger partial charge in [-0.2, -0.15) is 0 Å². The lowest BCUT2D eigenvalue weighted by molar-refractivity contribution is 0.457. The van der Waals surface area contributed by atoms with E-state index in [0.29, 0.717) is 18.1 Å². The van der Waals surface area contributed by atoms with Gasteiger partial charge in [-0.05, 0) is 37.8 Å². The van der Waals surface area contributed by atoms with Gasteiger partial charge in [0.2, 0.25) is 0 Å². The highest BCUT2D eigenvalue weighted by atomic mass is 35.5.